The number of carbonyl (C=O) groups excluding carboxylic acids is 1. The molecule has 0 atom stereocenters. The fraction of sp³-hybridized carbons (Fsp3) is 0.0833. The normalized spacial score (nSPS) is 12.0. The molecule has 0 aliphatic carbocycles. The third-order valence-electron chi connectivity index (χ3n) is 5.06. The van der Waals surface area contributed by atoms with Crippen molar-refractivity contribution in [1.82, 2.24) is 9.78 Å². The highest BCUT2D eigenvalue weighted by Crippen LogP contribution is 2.37. The first-order valence-corrected chi connectivity index (χ1v) is 10.8. The molecule has 0 saturated heterocycles. The van der Waals surface area contributed by atoms with Gasteiger partial charge in [0, 0.05) is 16.1 Å². The van der Waals surface area contributed by atoms with Gasteiger partial charge >= 0.3 is 12.4 Å². The van der Waals surface area contributed by atoms with Crippen molar-refractivity contribution >= 4 is 34.8 Å². The average Bonchev–Trinajstić information content (AvgIpc) is 3.26. The molecule has 36 heavy (non-hydrogen) atoms. The molecule has 1 N–H and O–H groups in total. The Labute approximate surface area is 210 Å². The van der Waals surface area contributed by atoms with Gasteiger partial charge in [0.2, 0.25) is 0 Å². The van der Waals surface area contributed by atoms with Crippen molar-refractivity contribution in [3.05, 3.63) is 99.7 Å². The predicted molar refractivity (Wildman–Crippen MR) is 123 cm³/mol. The van der Waals surface area contributed by atoms with Gasteiger partial charge in [-0.05, 0) is 48.5 Å². The summed E-state index contributed by atoms with van der Waals surface area (Å²) in [6.07, 6.45) is -9.49. The maximum Gasteiger partial charge on any atom is 0.435 e. The van der Waals surface area contributed by atoms with Gasteiger partial charge in [-0.2, -0.15) is 31.4 Å². The number of anilines is 1. The number of nitrogens with one attached hydrogen (secondary N) is 1. The van der Waals surface area contributed by atoms with E-state index in [0.29, 0.717) is 6.07 Å². The van der Waals surface area contributed by atoms with Gasteiger partial charge in [-0.15, -0.1) is 0 Å². The summed E-state index contributed by atoms with van der Waals surface area (Å²) in [7, 11) is 0. The van der Waals surface area contributed by atoms with Gasteiger partial charge in [-0.1, -0.05) is 47.5 Å². The van der Waals surface area contributed by atoms with Crippen molar-refractivity contribution < 1.29 is 31.1 Å². The number of halogens is 8. The highest BCUT2D eigenvalue weighted by molar-refractivity contribution is 6.32. The van der Waals surface area contributed by atoms with Crippen LogP contribution in [0.4, 0.5) is 32.0 Å². The molecule has 1 amide bonds. The van der Waals surface area contributed by atoms with Crippen LogP contribution in [0.5, 0.6) is 0 Å². The highest BCUT2D eigenvalue weighted by Gasteiger charge is 2.36. The minimum atomic E-state index is -4.76. The van der Waals surface area contributed by atoms with Crippen molar-refractivity contribution in [2.24, 2.45) is 0 Å². The smallest absolute Gasteiger partial charge is 0.321 e. The molecular formula is C24H13Cl2F6N3O. The van der Waals surface area contributed by atoms with Gasteiger partial charge in [0.1, 0.15) is 0 Å². The first kappa shape index (κ1) is 25.6. The lowest BCUT2D eigenvalue weighted by Crippen LogP contribution is -2.16. The molecule has 0 saturated carbocycles. The summed E-state index contributed by atoms with van der Waals surface area (Å²) in [6.45, 7) is 0. The van der Waals surface area contributed by atoms with Gasteiger partial charge in [0.05, 0.1) is 27.7 Å². The first-order valence-electron chi connectivity index (χ1n) is 10.1. The molecule has 4 aromatic rings. The number of amides is 1. The first-order chi connectivity index (χ1) is 16.8. The molecule has 0 bridgehead atoms. The number of hydrogen-bond acceptors (Lipinski definition) is 2. The summed E-state index contributed by atoms with van der Waals surface area (Å²) >= 11 is 11.8. The molecule has 0 aliphatic rings. The van der Waals surface area contributed by atoms with Gasteiger partial charge in [-0.3, -0.25) is 4.79 Å². The SMILES string of the molecule is O=C(Nc1ccc(Cl)cc1C(F)(F)F)c1ccc(-c2cc(C(F)(F)F)nn2-c2ccccc2Cl)cc1. The van der Waals surface area contributed by atoms with E-state index in [0.717, 1.165) is 16.8 Å². The zero-order chi connectivity index (χ0) is 26.3. The maximum absolute atomic E-state index is 13.4. The summed E-state index contributed by atoms with van der Waals surface area (Å²) in [6, 6.07) is 15.2. The molecule has 4 nitrogen and oxygen atoms in total. The van der Waals surface area contributed by atoms with E-state index >= 15 is 0 Å². The standard InChI is InChI=1S/C24H13Cl2F6N3O/c25-15-9-10-18(16(11-15)23(27,28)29)33-22(36)14-7-5-13(6-8-14)20-12-21(24(30,31)32)34-35(20)19-4-2-1-3-17(19)26/h1-12H,(H,33,36). The van der Waals surface area contributed by atoms with Gasteiger partial charge in [0.15, 0.2) is 5.69 Å². The van der Waals surface area contributed by atoms with Crippen LogP contribution in [0.3, 0.4) is 0 Å². The van der Waals surface area contributed by atoms with E-state index in [1.807, 2.05) is 0 Å². The van der Waals surface area contributed by atoms with Crippen LogP contribution in [-0.4, -0.2) is 15.7 Å². The lowest BCUT2D eigenvalue weighted by Gasteiger charge is -2.14. The predicted octanol–water partition coefficient (Wildman–Crippen LogP) is 8.14. The zero-order valence-corrected chi connectivity index (χ0v) is 19.3. The van der Waals surface area contributed by atoms with Crippen molar-refractivity contribution in [1.29, 1.82) is 0 Å². The Morgan fingerprint density at radius 3 is 2.11 bits per heavy atom. The van der Waals surface area contributed by atoms with Crippen LogP contribution in [0.1, 0.15) is 21.6 Å². The Kier molecular flexibility index (Phi) is 6.76. The van der Waals surface area contributed by atoms with Gasteiger partial charge < -0.3 is 5.32 Å². The molecule has 0 fully saturated rings. The van der Waals surface area contributed by atoms with Crippen LogP contribution in [-0.2, 0) is 12.4 Å². The number of rotatable bonds is 4. The van der Waals surface area contributed by atoms with Crippen molar-refractivity contribution in [2.45, 2.75) is 12.4 Å². The monoisotopic (exact) mass is 543 g/mol. The topological polar surface area (TPSA) is 46.9 Å². The van der Waals surface area contributed by atoms with E-state index in [4.69, 9.17) is 23.2 Å². The number of aromatic nitrogens is 2. The Morgan fingerprint density at radius 1 is 0.833 bits per heavy atom. The summed E-state index contributed by atoms with van der Waals surface area (Å²) in [5.74, 6) is -0.857. The summed E-state index contributed by atoms with van der Waals surface area (Å²) in [4.78, 5) is 12.6. The van der Waals surface area contributed by atoms with E-state index in [1.54, 1.807) is 12.1 Å². The van der Waals surface area contributed by atoms with E-state index in [9.17, 15) is 31.1 Å². The number of nitrogens with zero attached hydrogens (tertiary/aromatic N) is 2. The number of para-hydroxylation sites is 1. The van der Waals surface area contributed by atoms with Crippen LogP contribution in [0.15, 0.2) is 72.8 Å². The Hall–Kier alpha value is -3.50. The van der Waals surface area contributed by atoms with Crippen molar-refractivity contribution in [3.8, 4) is 16.9 Å². The third kappa shape index (κ3) is 5.34. The lowest BCUT2D eigenvalue weighted by atomic mass is 10.1. The summed E-state index contributed by atoms with van der Waals surface area (Å²) in [5.41, 5.74) is -2.29. The number of alkyl halides is 6. The fourth-order valence-electron chi connectivity index (χ4n) is 3.38. The van der Waals surface area contributed by atoms with Gasteiger partial charge in [0.25, 0.3) is 5.91 Å². The molecule has 1 heterocycles. The van der Waals surface area contributed by atoms with Crippen molar-refractivity contribution in [3.63, 3.8) is 0 Å². The molecular weight excluding hydrogens is 531 g/mol. The minimum Gasteiger partial charge on any atom is -0.321 e. The molecule has 0 spiro atoms. The third-order valence-corrected chi connectivity index (χ3v) is 5.61. The molecule has 1 aromatic heterocycles. The van der Waals surface area contributed by atoms with Crippen LogP contribution in [0, 0.1) is 0 Å². The molecule has 0 radical (unpaired) electrons. The van der Waals surface area contributed by atoms with Crippen molar-refractivity contribution in [2.75, 3.05) is 5.32 Å². The van der Waals surface area contributed by atoms with E-state index in [1.165, 1.54) is 42.5 Å². The number of carbonyl (C=O) groups is 1. The zero-order valence-electron chi connectivity index (χ0n) is 17.8. The van der Waals surface area contributed by atoms with Crippen LogP contribution < -0.4 is 5.32 Å². The summed E-state index contributed by atoms with van der Waals surface area (Å²) in [5, 5.41) is 5.85. The number of benzene rings is 3. The van der Waals surface area contributed by atoms with E-state index < -0.39 is 35.2 Å². The maximum atomic E-state index is 13.4. The lowest BCUT2D eigenvalue weighted by molar-refractivity contribution is -0.141. The van der Waals surface area contributed by atoms with E-state index in [2.05, 4.69) is 10.4 Å². The minimum absolute atomic E-state index is 0.0262. The van der Waals surface area contributed by atoms with Crippen LogP contribution >= 0.6 is 23.2 Å². The van der Waals surface area contributed by atoms with Gasteiger partial charge in [-0.25, -0.2) is 4.68 Å². The highest BCUT2D eigenvalue weighted by atomic mass is 35.5. The van der Waals surface area contributed by atoms with E-state index in [-0.39, 0.29) is 32.6 Å². The largest absolute Gasteiger partial charge is 0.435 e. The molecule has 3 aromatic carbocycles. The second kappa shape index (κ2) is 9.51. The second-order valence-electron chi connectivity index (χ2n) is 7.49. The molecule has 4 rings (SSSR count). The number of hydrogen-bond donors (Lipinski definition) is 1. The van der Waals surface area contributed by atoms with Crippen LogP contribution in [0.2, 0.25) is 10.0 Å². The fourth-order valence-corrected chi connectivity index (χ4v) is 3.77. The average molecular weight is 544 g/mol. The second-order valence-corrected chi connectivity index (χ2v) is 8.34. The molecule has 0 unspecified atom stereocenters. The quantitative estimate of drug-likeness (QED) is 0.264. The Morgan fingerprint density at radius 2 is 1.50 bits per heavy atom. The Balaban J connectivity index is 1.68. The molecule has 12 heteroatoms. The van der Waals surface area contributed by atoms with Crippen LogP contribution in [0.25, 0.3) is 16.9 Å². The summed E-state index contributed by atoms with van der Waals surface area (Å²) < 4.78 is 81.1. The Bertz CT molecular complexity index is 1430. The molecule has 186 valence electrons. The molecule has 0 aliphatic heterocycles.